The van der Waals surface area contributed by atoms with Crippen LogP contribution in [0.25, 0.3) is 0 Å². The van der Waals surface area contributed by atoms with Crippen LogP contribution in [0.15, 0.2) is 66.7 Å². The number of hydrogen-bond donors (Lipinski definition) is 0. The second-order valence-corrected chi connectivity index (χ2v) is 6.26. The molecule has 0 spiro atoms. The highest BCUT2D eigenvalue weighted by Crippen LogP contribution is 2.29. The summed E-state index contributed by atoms with van der Waals surface area (Å²) in [6.07, 6.45) is 6.09. The van der Waals surface area contributed by atoms with Crippen LogP contribution in [0.5, 0.6) is 0 Å². The minimum atomic E-state index is 0.212. The van der Waals surface area contributed by atoms with Crippen molar-refractivity contribution >= 4 is 5.78 Å². The van der Waals surface area contributed by atoms with Gasteiger partial charge >= 0.3 is 0 Å². The van der Waals surface area contributed by atoms with Crippen LogP contribution < -0.4 is 0 Å². The molecule has 0 aromatic heterocycles. The van der Waals surface area contributed by atoms with Crippen LogP contribution in [0, 0.1) is 0 Å². The third kappa shape index (κ3) is 4.17. The Kier molecular flexibility index (Phi) is 5.04. The van der Waals surface area contributed by atoms with E-state index in [9.17, 15) is 4.79 Å². The summed E-state index contributed by atoms with van der Waals surface area (Å²) in [7, 11) is 0. The van der Waals surface area contributed by atoms with Gasteiger partial charge in [0.1, 0.15) is 5.78 Å². The first-order valence-electron chi connectivity index (χ1n) is 8.23. The van der Waals surface area contributed by atoms with Gasteiger partial charge in [-0.3, -0.25) is 9.69 Å². The van der Waals surface area contributed by atoms with E-state index in [0.29, 0.717) is 12.5 Å². The normalized spacial score (nSPS) is 18.0. The number of ketones is 1. The average Bonchev–Trinajstić information content (AvgIpc) is 2.57. The predicted octanol–water partition coefficient (Wildman–Crippen LogP) is 4.32. The first kappa shape index (κ1) is 15.7. The summed E-state index contributed by atoms with van der Waals surface area (Å²) in [4.78, 5) is 13.7. The Morgan fingerprint density at radius 1 is 1.00 bits per heavy atom. The standard InChI is InChI=1S/C21H23NO/c1-17(23)15-18-10-12-20(13-11-18)21-9-5-6-14-22(21)16-19-7-3-2-4-8-19/h2-8,10-13,21H,9,14-16H2,1H3. The summed E-state index contributed by atoms with van der Waals surface area (Å²) >= 11 is 0. The summed E-state index contributed by atoms with van der Waals surface area (Å²) in [6, 6.07) is 19.6. The first-order valence-corrected chi connectivity index (χ1v) is 8.23. The molecule has 1 aliphatic heterocycles. The molecule has 23 heavy (non-hydrogen) atoms. The van der Waals surface area contributed by atoms with Crippen LogP contribution >= 0.6 is 0 Å². The molecule has 2 nitrogen and oxygen atoms in total. The predicted molar refractivity (Wildman–Crippen MR) is 94.2 cm³/mol. The molecule has 0 N–H and O–H groups in total. The molecular weight excluding hydrogens is 282 g/mol. The molecule has 0 bridgehead atoms. The first-order chi connectivity index (χ1) is 11.2. The second-order valence-electron chi connectivity index (χ2n) is 6.26. The maximum absolute atomic E-state index is 11.2. The third-order valence-corrected chi connectivity index (χ3v) is 4.35. The van der Waals surface area contributed by atoms with E-state index in [0.717, 1.165) is 25.1 Å². The van der Waals surface area contributed by atoms with Crippen molar-refractivity contribution in [1.29, 1.82) is 0 Å². The van der Waals surface area contributed by atoms with Gasteiger partial charge in [0.2, 0.25) is 0 Å². The molecule has 0 amide bonds. The van der Waals surface area contributed by atoms with Crippen LogP contribution in [0.1, 0.15) is 36.1 Å². The van der Waals surface area contributed by atoms with E-state index in [1.54, 1.807) is 6.92 Å². The lowest BCUT2D eigenvalue weighted by atomic mass is 9.96. The molecule has 1 atom stereocenters. The molecule has 0 saturated carbocycles. The van der Waals surface area contributed by atoms with Gasteiger partial charge in [0.05, 0.1) is 0 Å². The van der Waals surface area contributed by atoms with Gasteiger partial charge in [0, 0.05) is 25.6 Å². The number of Topliss-reactive ketones (excluding diaryl/α,β-unsaturated/α-hetero) is 1. The fourth-order valence-corrected chi connectivity index (χ4v) is 3.20. The SMILES string of the molecule is CC(=O)Cc1ccc(C2CC=CCN2Cc2ccccc2)cc1. The van der Waals surface area contributed by atoms with E-state index >= 15 is 0 Å². The Morgan fingerprint density at radius 3 is 2.43 bits per heavy atom. The van der Waals surface area contributed by atoms with Crippen LogP contribution in [0.3, 0.4) is 0 Å². The van der Waals surface area contributed by atoms with Gasteiger partial charge in [-0.25, -0.2) is 0 Å². The zero-order chi connectivity index (χ0) is 16.1. The van der Waals surface area contributed by atoms with E-state index in [1.807, 2.05) is 0 Å². The van der Waals surface area contributed by atoms with E-state index < -0.39 is 0 Å². The van der Waals surface area contributed by atoms with Crippen molar-refractivity contribution in [2.75, 3.05) is 6.54 Å². The van der Waals surface area contributed by atoms with Crippen LogP contribution in [0.2, 0.25) is 0 Å². The maximum Gasteiger partial charge on any atom is 0.134 e. The Balaban J connectivity index is 1.76. The molecule has 2 heteroatoms. The molecule has 2 aromatic carbocycles. The van der Waals surface area contributed by atoms with Crippen molar-refractivity contribution < 1.29 is 4.79 Å². The van der Waals surface area contributed by atoms with Crippen molar-refractivity contribution in [3.63, 3.8) is 0 Å². The molecule has 0 fully saturated rings. The van der Waals surface area contributed by atoms with Gasteiger partial charge in [-0.2, -0.15) is 0 Å². The Hall–Kier alpha value is -2.19. The summed E-state index contributed by atoms with van der Waals surface area (Å²) in [6.45, 7) is 3.58. The number of benzene rings is 2. The number of rotatable bonds is 5. The molecule has 2 aromatic rings. The lowest BCUT2D eigenvalue weighted by Crippen LogP contribution is -2.30. The highest BCUT2D eigenvalue weighted by molar-refractivity contribution is 5.78. The van der Waals surface area contributed by atoms with Gasteiger partial charge in [-0.15, -0.1) is 0 Å². The highest BCUT2D eigenvalue weighted by Gasteiger charge is 2.21. The minimum absolute atomic E-state index is 0.212. The lowest BCUT2D eigenvalue weighted by molar-refractivity contribution is -0.116. The minimum Gasteiger partial charge on any atom is -0.300 e. The Bertz CT molecular complexity index is 673. The summed E-state index contributed by atoms with van der Waals surface area (Å²) < 4.78 is 0. The largest absolute Gasteiger partial charge is 0.300 e. The third-order valence-electron chi connectivity index (χ3n) is 4.35. The van der Waals surface area contributed by atoms with Crippen molar-refractivity contribution in [1.82, 2.24) is 4.90 Å². The van der Waals surface area contributed by atoms with Crippen LogP contribution in [-0.2, 0) is 17.8 Å². The molecule has 0 aliphatic carbocycles. The smallest absolute Gasteiger partial charge is 0.134 e. The Morgan fingerprint density at radius 2 is 1.74 bits per heavy atom. The fourth-order valence-electron chi connectivity index (χ4n) is 3.20. The summed E-state index contributed by atoms with van der Waals surface area (Å²) in [5.41, 5.74) is 3.78. The van der Waals surface area contributed by atoms with E-state index in [4.69, 9.17) is 0 Å². The van der Waals surface area contributed by atoms with Crippen molar-refractivity contribution in [2.45, 2.75) is 32.4 Å². The summed E-state index contributed by atoms with van der Waals surface area (Å²) in [5, 5.41) is 0. The van der Waals surface area contributed by atoms with Gasteiger partial charge in [0.15, 0.2) is 0 Å². The molecule has 118 valence electrons. The molecular formula is C21H23NO. The molecule has 1 aliphatic rings. The number of carbonyl (C=O) groups is 1. The van der Waals surface area contributed by atoms with Crippen molar-refractivity contribution in [3.05, 3.63) is 83.4 Å². The topological polar surface area (TPSA) is 20.3 Å². The van der Waals surface area contributed by atoms with Gasteiger partial charge < -0.3 is 0 Å². The monoisotopic (exact) mass is 305 g/mol. The van der Waals surface area contributed by atoms with Gasteiger partial charge in [0.25, 0.3) is 0 Å². The molecule has 1 heterocycles. The number of hydrogen-bond acceptors (Lipinski definition) is 2. The van der Waals surface area contributed by atoms with Crippen molar-refractivity contribution in [2.24, 2.45) is 0 Å². The zero-order valence-corrected chi connectivity index (χ0v) is 13.6. The van der Waals surface area contributed by atoms with E-state index in [-0.39, 0.29) is 5.78 Å². The van der Waals surface area contributed by atoms with Crippen molar-refractivity contribution in [3.8, 4) is 0 Å². The van der Waals surface area contributed by atoms with Crippen LogP contribution in [-0.4, -0.2) is 17.2 Å². The van der Waals surface area contributed by atoms with Gasteiger partial charge in [-0.05, 0) is 30.0 Å². The fraction of sp³-hybridized carbons (Fsp3) is 0.286. The van der Waals surface area contributed by atoms with Gasteiger partial charge in [-0.1, -0.05) is 66.7 Å². The van der Waals surface area contributed by atoms with Crippen LogP contribution in [0.4, 0.5) is 0 Å². The molecule has 3 rings (SSSR count). The molecule has 1 unspecified atom stereocenters. The van der Waals surface area contributed by atoms with E-state index in [1.165, 1.54) is 11.1 Å². The zero-order valence-electron chi connectivity index (χ0n) is 13.6. The highest BCUT2D eigenvalue weighted by atomic mass is 16.1. The lowest BCUT2D eigenvalue weighted by Gasteiger charge is -2.33. The summed E-state index contributed by atoms with van der Waals surface area (Å²) in [5.74, 6) is 0.212. The average molecular weight is 305 g/mol. The Labute approximate surface area is 138 Å². The number of nitrogens with zero attached hydrogens (tertiary/aromatic N) is 1. The number of carbonyl (C=O) groups excluding carboxylic acids is 1. The molecule has 0 radical (unpaired) electrons. The quantitative estimate of drug-likeness (QED) is 0.767. The second kappa shape index (κ2) is 7.38. The molecule has 0 saturated heterocycles. The van der Waals surface area contributed by atoms with E-state index in [2.05, 4.69) is 71.6 Å². The maximum atomic E-state index is 11.2.